The van der Waals surface area contributed by atoms with Crippen molar-refractivity contribution >= 4 is 5.69 Å². The molecule has 0 aromatic heterocycles. The first kappa shape index (κ1) is 11.5. The Hall–Kier alpha value is -1.02. The third-order valence-electron chi connectivity index (χ3n) is 3.41. The number of anilines is 1. The molecule has 1 aliphatic carbocycles. The Labute approximate surface area is 98.4 Å². The van der Waals surface area contributed by atoms with Crippen molar-refractivity contribution in [1.82, 2.24) is 0 Å². The molecule has 0 saturated heterocycles. The zero-order valence-electron chi connectivity index (χ0n) is 10.3. The van der Waals surface area contributed by atoms with Crippen molar-refractivity contribution in [2.45, 2.75) is 32.7 Å². The van der Waals surface area contributed by atoms with Gasteiger partial charge in [0.05, 0.1) is 0 Å². The Bertz CT molecular complexity index is 344. The second kappa shape index (κ2) is 4.88. The van der Waals surface area contributed by atoms with Crippen LogP contribution in [0.4, 0.5) is 5.69 Å². The molecule has 0 heterocycles. The summed E-state index contributed by atoms with van der Waals surface area (Å²) in [6.45, 7) is 6.36. The molecule has 0 radical (unpaired) electrons. The third kappa shape index (κ3) is 2.76. The molecule has 1 unspecified atom stereocenters. The molecule has 2 nitrogen and oxygen atoms in total. The van der Waals surface area contributed by atoms with Crippen LogP contribution in [-0.2, 0) is 0 Å². The number of hydrogen-bond donors (Lipinski definition) is 1. The van der Waals surface area contributed by atoms with Crippen molar-refractivity contribution < 1.29 is 0 Å². The van der Waals surface area contributed by atoms with Gasteiger partial charge in [-0.25, -0.2) is 0 Å². The lowest BCUT2D eigenvalue weighted by molar-refractivity contribution is 0.577. The summed E-state index contributed by atoms with van der Waals surface area (Å²) in [6, 6.07) is 9.02. The fourth-order valence-corrected chi connectivity index (χ4v) is 2.17. The summed E-state index contributed by atoms with van der Waals surface area (Å²) >= 11 is 0. The quantitative estimate of drug-likeness (QED) is 0.823. The molecule has 1 saturated carbocycles. The highest BCUT2D eigenvalue weighted by atomic mass is 15.1. The molecular weight excluding hydrogens is 196 g/mol. The van der Waals surface area contributed by atoms with E-state index in [1.807, 2.05) is 0 Å². The lowest BCUT2D eigenvalue weighted by atomic mass is 10.1. The van der Waals surface area contributed by atoms with Gasteiger partial charge in [-0.1, -0.05) is 12.1 Å². The SMILES string of the molecule is CCN(CC(N)C1CC1)c1cccc(C)c1. The lowest BCUT2D eigenvalue weighted by Gasteiger charge is -2.26. The van der Waals surface area contributed by atoms with Crippen LogP contribution < -0.4 is 10.6 Å². The monoisotopic (exact) mass is 218 g/mol. The van der Waals surface area contributed by atoms with Gasteiger partial charge in [0.25, 0.3) is 0 Å². The van der Waals surface area contributed by atoms with Gasteiger partial charge in [0.2, 0.25) is 0 Å². The van der Waals surface area contributed by atoms with E-state index in [9.17, 15) is 0 Å². The summed E-state index contributed by atoms with van der Waals surface area (Å²) in [4.78, 5) is 2.38. The van der Waals surface area contributed by atoms with Gasteiger partial charge in [0.15, 0.2) is 0 Å². The van der Waals surface area contributed by atoms with Crippen molar-refractivity contribution in [1.29, 1.82) is 0 Å². The summed E-state index contributed by atoms with van der Waals surface area (Å²) in [5.41, 5.74) is 8.81. The standard InChI is InChI=1S/C14H22N2/c1-3-16(10-14(15)12-7-8-12)13-6-4-5-11(2)9-13/h4-6,9,12,14H,3,7-8,10,15H2,1-2H3. The second-order valence-electron chi connectivity index (χ2n) is 4.88. The summed E-state index contributed by atoms with van der Waals surface area (Å²) in [5.74, 6) is 0.777. The van der Waals surface area contributed by atoms with Crippen LogP contribution in [-0.4, -0.2) is 19.1 Å². The highest BCUT2D eigenvalue weighted by molar-refractivity contribution is 5.48. The first-order valence-electron chi connectivity index (χ1n) is 6.28. The van der Waals surface area contributed by atoms with E-state index in [0.29, 0.717) is 6.04 Å². The van der Waals surface area contributed by atoms with Crippen LogP contribution in [0.25, 0.3) is 0 Å². The maximum absolute atomic E-state index is 6.19. The number of aryl methyl sites for hydroxylation is 1. The van der Waals surface area contributed by atoms with Crippen molar-refractivity contribution in [3.63, 3.8) is 0 Å². The van der Waals surface area contributed by atoms with Gasteiger partial charge in [-0.3, -0.25) is 0 Å². The van der Waals surface area contributed by atoms with Crippen molar-refractivity contribution in [2.75, 3.05) is 18.0 Å². The highest BCUT2D eigenvalue weighted by Crippen LogP contribution is 2.32. The summed E-state index contributed by atoms with van der Waals surface area (Å²) < 4.78 is 0. The fraction of sp³-hybridized carbons (Fsp3) is 0.571. The normalized spacial score (nSPS) is 17.2. The van der Waals surface area contributed by atoms with Gasteiger partial charge >= 0.3 is 0 Å². The molecule has 0 amide bonds. The van der Waals surface area contributed by atoms with E-state index >= 15 is 0 Å². The minimum absolute atomic E-state index is 0.348. The molecule has 1 aromatic carbocycles. The van der Waals surface area contributed by atoms with Crippen LogP contribution in [0.5, 0.6) is 0 Å². The first-order valence-corrected chi connectivity index (χ1v) is 6.28. The first-order chi connectivity index (χ1) is 7.70. The van der Waals surface area contributed by atoms with Crippen LogP contribution in [0, 0.1) is 12.8 Å². The van der Waals surface area contributed by atoms with Gasteiger partial charge in [-0.05, 0) is 50.3 Å². The highest BCUT2D eigenvalue weighted by Gasteiger charge is 2.29. The second-order valence-corrected chi connectivity index (χ2v) is 4.88. The molecule has 1 aromatic rings. The van der Waals surface area contributed by atoms with E-state index in [1.165, 1.54) is 24.1 Å². The predicted molar refractivity (Wildman–Crippen MR) is 69.8 cm³/mol. The Balaban J connectivity index is 2.03. The maximum atomic E-state index is 6.19. The number of benzene rings is 1. The topological polar surface area (TPSA) is 29.3 Å². The van der Waals surface area contributed by atoms with Crippen molar-refractivity contribution in [2.24, 2.45) is 11.7 Å². The molecule has 1 aliphatic rings. The smallest absolute Gasteiger partial charge is 0.0369 e. The van der Waals surface area contributed by atoms with E-state index in [-0.39, 0.29) is 0 Å². The zero-order chi connectivity index (χ0) is 11.5. The fourth-order valence-electron chi connectivity index (χ4n) is 2.17. The maximum Gasteiger partial charge on any atom is 0.0369 e. The molecular formula is C14H22N2. The Morgan fingerprint density at radius 2 is 2.19 bits per heavy atom. The van der Waals surface area contributed by atoms with Gasteiger partial charge in [0, 0.05) is 24.8 Å². The van der Waals surface area contributed by atoms with Crippen LogP contribution in [0.2, 0.25) is 0 Å². The molecule has 0 spiro atoms. The number of hydrogen-bond acceptors (Lipinski definition) is 2. The Morgan fingerprint density at radius 3 is 2.75 bits per heavy atom. The number of rotatable bonds is 5. The molecule has 2 rings (SSSR count). The van der Waals surface area contributed by atoms with E-state index in [2.05, 4.69) is 43.0 Å². The van der Waals surface area contributed by atoms with Gasteiger partial charge in [0.1, 0.15) is 0 Å². The summed E-state index contributed by atoms with van der Waals surface area (Å²) in [6.07, 6.45) is 2.65. The zero-order valence-corrected chi connectivity index (χ0v) is 10.3. The van der Waals surface area contributed by atoms with Crippen LogP contribution in [0.3, 0.4) is 0 Å². The molecule has 1 atom stereocenters. The van der Waals surface area contributed by atoms with E-state index in [0.717, 1.165) is 19.0 Å². The third-order valence-corrected chi connectivity index (χ3v) is 3.41. The molecule has 0 bridgehead atoms. The molecule has 2 N–H and O–H groups in total. The van der Waals surface area contributed by atoms with E-state index in [1.54, 1.807) is 0 Å². The summed E-state index contributed by atoms with van der Waals surface area (Å²) in [5, 5.41) is 0. The van der Waals surface area contributed by atoms with Gasteiger partial charge in [-0.15, -0.1) is 0 Å². The molecule has 1 fully saturated rings. The average Bonchev–Trinajstić information content (AvgIpc) is 3.09. The van der Waals surface area contributed by atoms with Crippen LogP contribution in [0.1, 0.15) is 25.3 Å². The minimum Gasteiger partial charge on any atom is -0.370 e. The molecule has 16 heavy (non-hydrogen) atoms. The molecule has 88 valence electrons. The van der Waals surface area contributed by atoms with Crippen LogP contribution in [0.15, 0.2) is 24.3 Å². The van der Waals surface area contributed by atoms with Crippen molar-refractivity contribution in [3.05, 3.63) is 29.8 Å². The lowest BCUT2D eigenvalue weighted by Crippen LogP contribution is -2.39. The largest absolute Gasteiger partial charge is 0.370 e. The molecule has 0 aliphatic heterocycles. The predicted octanol–water partition coefficient (Wildman–Crippen LogP) is 2.56. The number of nitrogens with zero attached hydrogens (tertiary/aromatic N) is 1. The Kier molecular flexibility index (Phi) is 3.49. The summed E-state index contributed by atoms with van der Waals surface area (Å²) in [7, 11) is 0. The van der Waals surface area contributed by atoms with Gasteiger partial charge < -0.3 is 10.6 Å². The molecule has 2 heteroatoms. The number of nitrogens with two attached hydrogens (primary N) is 1. The minimum atomic E-state index is 0.348. The van der Waals surface area contributed by atoms with Crippen molar-refractivity contribution in [3.8, 4) is 0 Å². The number of likely N-dealkylation sites (N-methyl/N-ethyl adjacent to an activating group) is 1. The van der Waals surface area contributed by atoms with Gasteiger partial charge in [-0.2, -0.15) is 0 Å². The Morgan fingerprint density at radius 1 is 1.44 bits per heavy atom. The van der Waals surface area contributed by atoms with E-state index in [4.69, 9.17) is 5.73 Å². The average molecular weight is 218 g/mol. The van der Waals surface area contributed by atoms with E-state index < -0.39 is 0 Å². The van der Waals surface area contributed by atoms with Crippen LogP contribution >= 0.6 is 0 Å².